The molecule has 8 heteroatoms. The number of hydrogen-bond acceptors (Lipinski definition) is 5. The normalized spacial score (nSPS) is 10.4. The third kappa shape index (κ3) is 5.49. The predicted molar refractivity (Wildman–Crippen MR) is 94.0 cm³/mol. The molecular formula is C15H22Cl2N4O2. The van der Waals surface area contributed by atoms with E-state index in [-0.39, 0.29) is 41.8 Å². The van der Waals surface area contributed by atoms with Gasteiger partial charge in [-0.25, -0.2) is 0 Å². The SMILES string of the molecule is CN(CC(C)(C)CN)C(=O)c1cc(-c2cccnc2)on1.Cl.Cl. The molecule has 2 N–H and O–H groups in total. The van der Waals surface area contributed by atoms with Gasteiger partial charge in [-0.1, -0.05) is 19.0 Å². The number of aromatic nitrogens is 2. The number of amides is 1. The fourth-order valence-corrected chi connectivity index (χ4v) is 1.99. The average molecular weight is 361 g/mol. The smallest absolute Gasteiger partial charge is 0.275 e. The fourth-order valence-electron chi connectivity index (χ4n) is 1.99. The molecule has 1 amide bonds. The monoisotopic (exact) mass is 360 g/mol. The van der Waals surface area contributed by atoms with E-state index in [9.17, 15) is 4.79 Å². The number of pyridine rings is 1. The number of carbonyl (C=O) groups excluding carboxylic acids is 1. The average Bonchev–Trinajstić information content (AvgIpc) is 2.96. The summed E-state index contributed by atoms with van der Waals surface area (Å²) in [5.74, 6) is 0.341. The molecule has 0 saturated carbocycles. The number of rotatable bonds is 5. The Labute approximate surface area is 148 Å². The molecule has 0 aliphatic carbocycles. The van der Waals surface area contributed by atoms with Crippen molar-refractivity contribution in [3.63, 3.8) is 0 Å². The Bertz CT molecular complexity index is 617. The van der Waals surface area contributed by atoms with Crippen molar-refractivity contribution in [1.29, 1.82) is 0 Å². The lowest BCUT2D eigenvalue weighted by molar-refractivity contribution is 0.0730. The highest BCUT2D eigenvalue weighted by Crippen LogP contribution is 2.20. The van der Waals surface area contributed by atoms with Crippen LogP contribution in [-0.4, -0.2) is 41.1 Å². The summed E-state index contributed by atoms with van der Waals surface area (Å²) in [5.41, 5.74) is 6.62. The molecule has 0 spiro atoms. The standard InChI is InChI=1S/C15H20N4O2.2ClH/c1-15(2,9-16)10-19(3)14(20)12-7-13(21-18-12)11-5-4-6-17-8-11;;/h4-8H,9-10,16H2,1-3H3;2*1H. The highest BCUT2D eigenvalue weighted by Gasteiger charge is 2.24. The lowest BCUT2D eigenvalue weighted by Crippen LogP contribution is -2.39. The minimum Gasteiger partial charge on any atom is -0.355 e. The first-order valence-corrected chi connectivity index (χ1v) is 6.75. The second-order valence-corrected chi connectivity index (χ2v) is 5.85. The minimum atomic E-state index is -0.185. The van der Waals surface area contributed by atoms with E-state index in [0.29, 0.717) is 18.8 Å². The summed E-state index contributed by atoms with van der Waals surface area (Å²) in [7, 11) is 1.73. The molecular weight excluding hydrogens is 339 g/mol. The molecule has 0 aliphatic rings. The van der Waals surface area contributed by atoms with Gasteiger partial charge in [0.25, 0.3) is 5.91 Å². The van der Waals surface area contributed by atoms with Gasteiger partial charge in [0, 0.05) is 37.6 Å². The van der Waals surface area contributed by atoms with E-state index in [2.05, 4.69) is 10.1 Å². The number of nitrogens with zero attached hydrogens (tertiary/aromatic N) is 3. The van der Waals surface area contributed by atoms with Gasteiger partial charge < -0.3 is 15.2 Å². The summed E-state index contributed by atoms with van der Waals surface area (Å²) < 4.78 is 5.22. The number of nitrogens with two attached hydrogens (primary N) is 1. The topological polar surface area (TPSA) is 85.2 Å². The summed E-state index contributed by atoms with van der Waals surface area (Å²) in [6, 6.07) is 5.28. The van der Waals surface area contributed by atoms with Gasteiger partial charge in [0.2, 0.25) is 0 Å². The van der Waals surface area contributed by atoms with Crippen LogP contribution in [0.1, 0.15) is 24.3 Å². The second kappa shape index (κ2) is 8.86. The van der Waals surface area contributed by atoms with Crippen LogP contribution in [0.3, 0.4) is 0 Å². The van der Waals surface area contributed by atoms with Crippen molar-refractivity contribution in [3.05, 3.63) is 36.3 Å². The van der Waals surface area contributed by atoms with E-state index in [4.69, 9.17) is 10.3 Å². The molecule has 0 aromatic carbocycles. The third-order valence-corrected chi connectivity index (χ3v) is 3.24. The molecule has 0 unspecified atom stereocenters. The highest BCUT2D eigenvalue weighted by atomic mass is 35.5. The molecule has 0 fully saturated rings. The van der Waals surface area contributed by atoms with Crippen LogP contribution in [-0.2, 0) is 0 Å². The molecule has 0 atom stereocenters. The Balaban J connectivity index is 0.00000242. The Hall–Kier alpha value is -1.63. The van der Waals surface area contributed by atoms with Crippen molar-refractivity contribution in [1.82, 2.24) is 15.0 Å². The van der Waals surface area contributed by atoms with Crippen LogP contribution >= 0.6 is 24.8 Å². The van der Waals surface area contributed by atoms with Crippen molar-refractivity contribution >= 4 is 30.7 Å². The Morgan fingerprint density at radius 2 is 2.09 bits per heavy atom. The summed E-state index contributed by atoms with van der Waals surface area (Å²) in [6.45, 7) is 5.09. The maximum atomic E-state index is 12.3. The molecule has 2 rings (SSSR count). The van der Waals surface area contributed by atoms with Gasteiger partial charge >= 0.3 is 0 Å². The second-order valence-electron chi connectivity index (χ2n) is 5.85. The quantitative estimate of drug-likeness (QED) is 0.885. The molecule has 0 aliphatic heterocycles. The van der Waals surface area contributed by atoms with Gasteiger partial charge in [0.05, 0.1) is 0 Å². The Morgan fingerprint density at radius 3 is 2.65 bits per heavy atom. The van der Waals surface area contributed by atoms with E-state index in [0.717, 1.165) is 5.56 Å². The van der Waals surface area contributed by atoms with Gasteiger partial charge in [0.15, 0.2) is 11.5 Å². The molecule has 0 radical (unpaired) electrons. The van der Waals surface area contributed by atoms with Gasteiger partial charge in [-0.15, -0.1) is 24.8 Å². The van der Waals surface area contributed by atoms with Crippen LogP contribution < -0.4 is 5.73 Å². The summed E-state index contributed by atoms with van der Waals surface area (Å²) >= 11 is 0. The third-order valence-electron chi connectivity index (χ3n) is 3.24. The Kier molecular flexibility index (Phi) is 8.23. The van der Waals surface area contributed by atoms with Crippen LogP contribution in [0.5, 0.6) is 0 Å². The largest absolute Gasteiger partial charge is 0.355 e. The first-order chi connectivity index (χ1) is 9.93. The van der Waals surface area contributed by atoms with Crippen molar-refractivity contribution in [2.24, 2.45) is 11.1 Å². The molecule has 2 aromatic heterocycles. The van der Waals surface area contributed by atoms with Crippen LogP contribution in [0.2, 0.25) is 0 Å². The van der Waals surface area contributed by atoms with E-state index in [1.807, 2.05) is 19.9 Å². The number of halogens is 2. The molecule has 0 saturated heterocycles. The van der Waals surface area contributed by atoms with Crippen molar-refractivity contribution in [3.8, 4) is 11.3 Å². The van der Waals surface area contributed by atoms with Crippen LogP contribution in [0.4, 0.5) is 0 Å². The molecule has 2 aromatic rings. The predicted octanol–water partition coefficient (Wildman–Crippen LogP) is 2.64. The molecule has 2 heterocycles. The van der Waals surface area contributed by atoms with E-state index in [1.165, 1.54) is 0 Å². The first kappa shape index (κ1) is 21.4. The van der Waals surface area contributed by atoms with E-state index < -0.39 is 0 Å². The summed E-state index contributed by atoms with van der Waals surface area (Å²) in [5, 5.41) is 3.84. The van der Waals surface area contributed by atoms with Gasteiger partial charge in [-0.05, 0) is 24.1 Å². The van der Waals surface area contributed by atoms with Crippen LogP contribution in [0.15, 0.2) is 35.1 Å². The maximum absolute atomic E-state index is 12.3. The van der Waals surface area contributed by atoms with Crippen molar-refractivity contribution in [2.75, 3.05) is 20.1 Å². The van der Waals surface area contributed by atoms with Crippen molar-refractivity contribution < 1.29 is 9.32 Å². The molecule has 6 nitrogen and oxygen atoms in total. The summed E-state index contributed by atoms with van der Waals surface area (Å²) in [4.78, 5) is 18.0. The molecule has 23 heavy (non-hydrogen) atoms. The minimum absolute atomic E-state index is 0. The van der Waals surface area contributed by atoms with Gasteiger partial charge in [-0.3, -0.25) is 9.78 Å². The fraction of sp³-hybridized carbons (Fsp3) is 0.400. The highest BCUT2D eigenvalue weighted by molar-refractivity contribution is 5.93. The molecule has 128 valence electrons. The van der Waals surface area contributed by atoms with Gasteiger partial charge in [0.1, 0.15) is 0 Å². The molecule has 0 bridgehead atoms. The number of hydrogen-bond donors (Lipinski definition) is 1. The van der Waals surface area contributed by atoms with E-state index in [1.54, 1.807) is 36.5 Å². The zero-order valence-corrected chi connectivity index (χ0v) is 15.0. The Morgan fingerprint density at radius 1 is 1.39 bits per heavy atom. The van der Waals surface area contributed by atoms with Gasteiger partial charge in [-0.2, -0.15) is 0 Å². The maximum Gasteiger partial charge on any atom is 0.275 e. The lowest BCUT2D eigenvalue weighted by Gasteiger charge is -2.28. The summed E-state index contributed by atoms with van der Waals surface area (Å²) in [6.07, 6.45) is 3.34. The lowest BCUT2D eigenvalue weighted by atomic mass is 9.93. The van der Waals surface area contributed by atoms with Crippen LogP contribution in [0, 0.1) is 5.41 Å². The zero-order valence-electron chi connectivity index (χ0n) is 13.4. The number of carbonyl (C=O) groups is 1. The van der Waals surface area contributed by atoms with Crippen LogP contribution in [0.25, 0.3) is 11.3 Å². The van der Waals surface area contributed by atoms with E-state index >= 15 is 0 Å². The first-order valence-electron chi connectivity index (χ1n) is 6.75. The van der Waals surface area contributed by atoms with Crippen molar-refractivity contribution in [2.45, 2.75) is 13.8 Å². The zero-order chi connectivity index (χ0) is 15.5.